The first-order valence-corrected chi connectivity index (χ1v) is 6.71. The van der Waals surface area contributed by atoms with Gasteiger partial charge in [0.15, 0.2) is 0 Å². The van der Waals surface area contributed by atoms with E-state index >= 15 is 0 Å². The number of anilines is 1. The minimum absolute atomic E-state index is 0.489. The smallest absolute Gasteiger partial charge is 0.0931 e. The SMILES string of the molecule is CC(C)N1CCN(c2ccc([C@H](C)O)nc2)CC1. The zero-order chi connectivity index (χ0) is 13.1. The van der Waals surface area contributed by atoms with E-state index in [1.807, 2.05) is 12.3 Å². The number of piperazine rings is 1. The molecule has 1 aliphatic heterocycles. The molecule has 2 heterocycles. The molecule has 0 spiro atoms. The second-order valence-electron chi connectivity index (χ2n) is 5.23. The third-order valence-corrected chi connectivity index (χ3v) is 3.61. The first kappa shape index (κ1) is 13.3. The maximum atomic E-state index is 9.44. The number of aromatic nitrogens is 1. The largest absolute Gasteiger partial charge is 0.387 e. The van der Waals surface area contributed by atoms with Crippen molar-refractivity contribution < 1.29 is 5.11 Å². The first-order chi connectivity index (χ1) is 8.58. The normalized spacial score (nSPS) is 19.3. The number of hydrogen-bond donors (Lipinski definition) is 1. The Labute approximate surface area is 109 Å². The van der Waals surface area contributed by atoms with Gasteiger partial charge in [-0.25, -0.2) is 0 Å². The first-order valence-electron chi connectivity index (χ1n) is 6.71. The van der Waals surface area contributed by atoms with Crippen LogP contribution in [0.2, 0.25) is 0 Å². The summed E-state index contributed by atoms with van der Waals surface area (Å²) in [6, 6.07) is 4.59. The minimum Gasteiger partial charge on any atom is -0.387 e. The van der Waals surface area contributed by atoms with E-state index in [1.165, 1.54) is 0 Å². The molecule has 1 aromatic rings. The van der Waals surface area contributed by atoms with Gasteiger partial charge in [0, 0.05) is 32.2 Å². The highest BCUT2D eigenvalue weighted by Gasteiger charge is 2.19. The Hall–Kier alpha value is -1.13. The molecule has 1 saturated heterocycles. The van der Waals surface area contributed by atoms with Crippen LogP contribution in [-0.2, 0) is 0 Å². The van der Waals surface area contributed by atoms with Crippen molar-refractivity contribution in [2.75, 3.05) is 31.1 Å². The van der Waals surface area contributed by atoms with Crippen LogP contribution >= 0.6 is 0 Å². The summed E-state index contributed by atoms with van der Waals surface area (Å²) in [4.78, 5) is 9.16. The third kappa shape index (κ3) is 3.00. The Morgan fingerprint density at radius 2 is 1.78 bits per heavy atom. The predicted molar refractivity (Wildman–Crippen MR) is 73.8 cm³/mol. The summed E-state index contributed by atoms with van der Waals surface area (Å²) in [6.45, 7) is 10.5. The van der Waals surface area contributed by atoms with E-state index in [4.69, 9.17) is 0 Å². The van der Waals surface area contributed by atoms with Gasteiger partial charge in [-0.15, -0.1) is 0 Å². The average molecular weight is 249 g/mol. The summed E-state index contributed by atoms with van der Waals surface area (Å²) in [5, 5.41) is 9.44. The molecule has 0 aromatic carbocycles. The van der Waals surface area contributed by atoms with Gasteiger partial charge in [-0.2, -0.15) is 0 Å². The van der Waals surface area contributed by atoms with Gasteiger partial charge in [-0.1, -0.05) is 0 Å². The van der Waals surface area contributed by atoms with E-state index in [0.717, 1.165) is 37.6 Å². The molecule has 1 N–H and O–H groups in total. The van der Waals surface area contributed by atoms with E-state index in [2.05, 4.69) is 34.7 Å². The van der Waals surface area contributed by atoms with E-state index in [-0.39, 0.29) is 0 Å². The Morgan fingerprint density at radius 3 is 2.22 bits per heavy atom. The van der Waals surface area contributed by atoms with E-state index in [9.17, 15) is 5.11 Å². The van der Waals surface area contributed by atoms with Gasteiger partial charge in [0.2, 0.25) is 0 Å². The van der Waals surface area contributed by atoms with Crippen molar-refractivity contribution in [1.82, 2.24) is 9.88 Å². The van der Waals surface area contributed by atoms with Crippen LogP contribution in [0, 0.1) is 0 Å². The summed E-state index contributed by atoms with van der Waals surface area (Å²) in [5.41, 5.74) is 1.89. The monoisotopic (exact) mass is 249 g/mol. The van der Waals surface area contributed by atoms with E-state index < -0.39 is 6.10 Å². The number of pyridine rings is 1. The standard InChI is InChI=1S/C14H23N3O/c1-11(2)16-6-8-17(9-7-16)13-4-5-14(12(3)18)15-10-13/h4-5,10-12,18H,6-9H2,1-3H3/t12-/m0/s1. The number of aliphatic hydroxyl groups excluding tert-OH is 1. The van der Waals surface area contributed by atoms with Crippen molar-refractivity contribution in [2.45, 2.75) is 32.9 Å². The van der Waals surface area contributed by atoms with Crippen LogP contribution in [0.5, 0.6) is 0 Å². The van der Waals surface area contributed by atoms with Crippen LogP contribution in [0.25, 0.3) is 0 Å². The zero-order valence-electron chi connectivity index (χ0n) is 11.5. The van der Waals surface area contributed by atoms with Crippen LogP contribution in [0.4, 0.5) is 5.69 Å². The van der Waals surface area contributed by atoms with Crippen LogP contribution in [0.3, 0.4) is 0 Å². The van der Waals surface area contributed by atoms with E-state index in [1.54, 1.807) is 6.92 Å². The third-order valence-electron chi connectivity index (χ3n) is 3.61. The second-order valence-corrected chi connectivity index (χ2v) is 5.23. The van der Waals surface area contributed by atoms with Crippen LogP contribution in [0.1, 0.15) is 32.6 Å². The second kappa shape index (κ2) is 5.67. The Bertz CT molecular complexity index is 367. The maximum Gasteiger partial charge on any atom is 0.0931 e. The van der Waals surface area contributed by atoms with Gasteiger partial charge < -0.3 is 10.0 Å². The van der Waals surface area contributed by atoms with E-state index in [0.29, 0.717) is 6.04 Å². The van der Waals surface area contributed by atoms with Gasteiger partial charge in [0.05, 0.1) is 23.7 Å². The lowest BCUT2D eigenvalue weighted by Gasteiger charge is -2.38. The molecule has 0 aliphatic carbocycles. The molecule has 100 valence electrons. The number of hydrogen-bond acceptors (Lipinski definition) is 4. The van der Waals surface area contributed by atoms with Gasteiger partial charge >= 0.3 is 0 Å². The van der Waals surface area contributed by atoms with Crippen molar-refractivity contribution in [3.05, 3.63) is 24.0 Å². The van der Waals surface area contributed by atoms with Crippen molar-refractivity contribution in [1.29, 1.82) is 0 Å². The molecular formula is C14H23N3O. The molecule has 2 rings (SSSR count). The van der Waals surface area contributed by atoms with Crippen molar-refractivity contribution >= 4 is 5.69 Å². The lowest BCUT2D eigenvalue weighted by atomic mass is 10.2. The molecule has 0 radical (unpaired) electrons. The van der Waals surface area contributed by atoms with Gasteiger partial charge in [0.1, 0.15) is 0 Å². The fourth-order valence-electron chi connectivity index (χ4n) is 2.33. The summed E-state index contributed by atoms with van der Waals surface area (Å²) in [6.07, 6.45) is 1.38. The van der Waals surface area contributed by atoms with Gasteiger partial charge in [-0.05, 0) is 32.9 Å². The molecule has 1 fully saturated rings. The number of nitrogens with zero attached hydrogens (tertiary/aromatic N) is 3. The lowest BCUT2D eigenvalue weighted by molar-refractivity contribution is 0.194. The quantitative estimate of drug-likeness (QED) is 0.884. The highest BCUT2D eigenvalue weighted by molar-refractivity contribution is 5.45. The van der Waals surface area contributed by atoms with Crippen molar-refractivity contribution in [2.24, 2.45) is 0 Å². The van der Waals surface area contributed by atoms with Crippen LogP contribution < -0.4 is 4.90 Å². The Kier molecular flexibility index (Phi) is 4.19. The predicted octanol–water partition coefficient (Wildman–Crippen LogP) is 1.67. The fraction of sp³-hybridized carbons (Fsp3) is 0.643. The highest BCUT2D eigenvalue weighted by Crippen LogP contribution is 2.18. The van der Waals surface area contributed by atoms with Crippen LogP contribution in [0.15, 0.2) is 18.3 Å². The minimum atomic E-state index is -0.489. The molecule has 0 unspecified atom stereocenters. The topological polar surface area (TPSA) is 39.6 Å². The zero-order valence-corrected chi connectivity index (χ0v) is 11.5. The fourth-order valence-corrected chi connectivity index (χ4v) is 2.33. The average Bonchev–Trinajstić information content (AvgIpc) is 2.39. The van der Waals surface area contributed by atoms with Crippen LogP contribution in [-0.4, -0.2) is 47.2 Å². The summed E-state index contributed by atoms with van der Waals surface area (Å²) < 4.78 is 0. The molecule has 4 nitrogen and oxygen atoms in total. The number of rotatable bonds is 3. The molecule has 1 atom stereocenters. The lowest BCUT2D eigenvalue weighted by Crippen LogP contribution is -2.48. The molecule has 0 saturated carbocycles. The molecule has 0 amide bonds. The molecule has 1 aromatic heterocycles. The molecule has 4 heteroatoms. The summed E-state index contributed by atoms with van der Waals surface area (Å²) >= 11 is 0. The molecule has 1 aliphatic rings. The maximum absolute atomic E-state index is 9.44. The highest BCUT2D eigenvalue weighted by atomic mass is 16.3. The van der Waals surface area contributed by atoms with Gasteiger partial charge in [-0.3, -0.25) is 9.88 Å². The van der Waals surface area contributed by atoms with Gasteiger partial charge in [0.25, 0.3) is 0 Å². The summed E-state index contributed by atoms with van der Waals surface area (Å²) in [7, 11) is 0. The summed E-state index contributed by atoms with van der Waals surface area (Å²) in [5.74, 6) is 0. The van der Waals surface area contributed by atoms with Crippen molar-refractivity contribution in [3.63, 3.8) is 0 Å². The molecule has 0 bridgehead atoms. The molecular weight excluding hydrogens is 226 g/mol. The molecule has 18 heavy (non-hydrogen) atoms. The Morgan fingerprint density at radius 1 is 1.11 bits per heavy atom. The Balaban J connectivity index is 1.97. The number of aliphatic hydroxyl groups is 1. The van der Waals surface area contributed by atoms with Crippen molar-refractivity contribution in [3.8, 4) is 0 Å².